The van der Waals surface area contributed by atoms with Gasteiger partial charge in [0.1, 0.15) is 0 Å². The first-order valence-corrected chi connectivity index (χ1v) is 3.74. The minimum Gasteiger partial charge on any atom is -0.392 e. The van der Waals surface area contributed by atoms with Crippen molar-refractivity contribution in [3.8, 4) is 0 Å². The second-order valence-corrected chi connectivity index (χ2v) is 2.49. The summed E-state index contributed by atoms with van der Waals surface area (Å²) in [6.07, 6.45) is 2.11. The molecule has 0 aliphatic carbocycles. The van der Waals surface area contributed by atoms with Gasteiger partial charge in [0.2, 0.25) is 0 Å². The Morgan fingerprint density at radius 3 is 2.45 bits per heavy atom. The number of benzene rings is 1. The second kappa shape index (κ2) is 3.81. The van der Waals surface area contributed by atoms with Gasteiger partial charge in [-0.3, -0.25) is 0 Å². The molecule has 0 aliphatic heterocycles. The highest BCUT2D eigenvalue weighted by molar-refractivity contribution is 5.51. The lowest BCUT2D eigenvalue weighted by Crippen LogP contribution is -2.00. The quantitative estimate of drug-likeness (QED) is 0.676. The van der Waals surface area contributed by atoms with Crippen molar-refractivity contribution in [1.29, 1.82) is 0 Å². The minimum atomic E-state index is 1.18. The lowest BCUT2D eigenvalue weighted by Gasteiger charge is -1.97. The van der Waals surface area contributed by atoms with Crippen molar-refractivity contribution >= 4 is 6.08 Å². The number of nitrogens with one attached hydrogen (secondary N) is 1. The molecule has 0 atom stereocenters. The van der Waals surface area contributed by atoms with Crippen LogP contribution in [0.15, 0.2) is 36.0 Å². The van der Waals surface area contributed by atoms with E-state index in [0.29, 0.717) is 0 Å². The van der Waals surface area contributed by atoms with Gasteiger partial charge in [0.25, 0.3) is 0 Å². The monoisotopic (exact) mass is 147 g/mol. The summed E-state index contributed by atoms with van der Waals surface area (Å²) in [5, 5.41) is 3.07. The van der Waals surface area contributed by atoms with Gasteiger partial charge in [0, 0.05) is 12.7 Å². The van der Waals surface area contributed by atoms with Crippen LogP contribution in [0.4, 0.5) is 0 Å². The number of rotatable bonds is 2. The standard InChI is InChI=1S/C10H13N/c1-9(11-2)8-10-6-4-3-5-7-10/h3-8,11H,1-2H3/b9-8-. The molecule has 1 rings (SSSR count). The van der Waals surface area contributed by atoms with Gasteiger partial charge in [-0.2, -0.15) is 0 Å². The highest BCUT2D eigenvalue weighted by Crippen LogP contribution is 2.02. The number of hydrogen-bond donors (Lipinski definition) is 1. The van der Waals surface area contributed by atoms with Crippen molar-refractivity contribution in [2.45, 2.75) is 6.92 Å². The fourth-order valence-corrected chi connectivity index (χ4v) is 0.871. The highest BCUT2D eigenvalue weighted by atomic mass is 14.8. The number of hydrogen-bond acceptors (Lipinski definition) is 1. The predicted molar refractivity (Wildman–Crippen MR) is 49.2 cm³/mol. The maximum atomic E-state index is 3.07. The SMILES string of the molecule is CN/C(C)=C\c1ccccc1. The van der Waals surface area contributed by atoms with Crippen molar-refractivity contribution in [1.82, 2.24) is 5.32 Å². The summed E-state index contributed by atoms with van der Waals surface area (Å²) in [5.41, 5.74) is 2.41. The molecule has 1 heteroatoms. The van der Waals surface area contributed by atoms with Gasteiger partial charge in [0.05, 0.1) is 0 Å². The predicted octanol–water partition coefficient (Wildman–Crippen LogP) is 2.27. The van der Waals surface area contributed by atoms with Gasteiger partial charge in [0.15, 0.2) is 0 Å². The zero-order valence-corrected chi connectivity index (χ0v) is 6.96. The summed E-state index contributed by atoms with van der Waals surface area (Å²) in [6.45, 7) is 2.05. The maximum absolute atomic E-state index is 3.07. The molecule has 0 bridgehead atoms. The third kappa shape index (κ3) is 2.46. The smallest absolute Gasteiger partial charge is 0.00784 e. The molecule has 0 saturated carbocycles. The van der Waals surface area contributed by atoms with Crippen molar-refractivity contribution < 1.29 is 0 Å². The fraction of sp³-hybridized carbons (Fsp3) is 0.200. The zero-order valence-electron chi connectivity index (χ0n) is 6.96. The van der Waals surface area contributed by atoms with E-state index in [1.165, 1.54) is 11.3 Å². The van der Waals surface area contributed by atoms with Crippen LogP contribution in [0.2, 0.25) is 0 Å². The van der Waals surface area contributed by atoms with E-state index in [0.717, 1.165) is 0 Å². The van der Waals surface area contributed by atoms with Crippen LogP contribution < -0.4 is 5.32 Å². The second-order valence-electron chi connectivity index (χ2n) is 2.49. The van der Waals surface area contributed by atoms with E-state index in [2.05, 4.69) is 23.5 Å². The molecule has 0 unspecified atom stereocenters. The molecule has 58 valence electrons. The molecule has 0 fully saturated rings. The van der Waals surface area contributed by atoms with Gasteiger partial charge >= 0.3 is 0 Å². The molecule has 0 amide bonds. The third-order valence-electron chi connectivity index (χ3n) is 1.58. The Morgan fingerprint density at radius 1 is 1.27 bits per heavy atom. The summed E-state index contributed by atoms with van der Waals surface area (Å²) >= 11 is 0. The molecule has 11 heavy (non-hydrogen) atoms. The normalized spacial score (nSPS) is 11.3. The first-order valence-electron chi connectivity index (χ1n) is 3.74. The zero-order chi connectivity index (χ0) is 8.10. The Morgan fingerprint density at radius 2 is 1.91 bits per heavy atom. The van der Waals surface area contributed by atoms with E-state index in [1.807, 2.05) is 32.2 Å². The lowest BCUT2D eigenvalue weighted by atomic mass is 10.2. The molecule has 1 N–H and O–H groups in total. The Hall–Kier alpha value is -1.24. The van der Waals surface area contributed by atoms with Gasteiger partial charge in [-0.05, 0) is 18.6 Å². The maximum Gasteiger partial charge on any atom is 0.00784 e. The van der Waals surface area contributed by atoms with E-state index < -0.39 is 0 Å². The first kappa shape index (κ1) is 7.86. The summed E-state index contributed by atoms with van der Waals surface area (Å²) in [7, 11) is 1.93. The van der Waals surface area contributed by atoms with Crippen molar-refractivity contribution in [3.63, 3.8) is 0 Å². The van der Waals surface area contributed by atoms with Crippen molar-refractivity contribution in [2.24, 2.45) is 0 Å². The summed E-state index contributed by atoms with van der Waals surface area (Å²) in [4.78, 5) is 0. The average Bonchev–Trinajstić information content (AvgIpc) is 2.06. The van der Waals surface area contributed by atoms with Crippen LogP contribution in [0.5, 0.6) is 0 Å². The van der Waals surface area contributed by atoms with Crippen molar-refractivity contribution in [2.75, 3.05) is 7.05 Å². The Labute approximate surface area is 67.8 Å². The largest absolute Gasteiger partial charge is 0.392 e. The first-order chi connectivity index (χ1) is 5.33. The van der Waals surface area contributed by atoms with E-state index in [9.17, 15) is 0 Å². The van der Waals surface area contributed by atoms with Crippen LogP contribution in [0.25, 0.3) is 6.08 Å². The van der Waals surface area contributed by atoms with Crippen LogP contribution in [0.1, 0.15) is 12.5 Å². The number of allylic oxidation sites excluding steroid dienone is 1. The molecule has 0 saturated heterocycles. The summed E-state index contributed by atoms with van der Waals surface area (Å²) in [6, 6.07) is 10.3. The molecule has 0 radical (unpaired) electrons. The molecular weight excluding hydrogens is 134 g/mol. The summed E-state index contributed by atoms with van der Waals surface area (Å²) < 4.78 is 0. The molecular formula is C10H13N. The molecule has 0 aromatic heterocycles. The highest BCUT2D eigenvalue weighted by Gasteiger charge is 1.84. The summed E-state index contributed by atoms with van der Waals surface area (Å²) in [5.74, 6) is 0. The minimum absolute atomic E-state index is 1.18. The lowest BCUT2D eigenvalue weighted by molar-refractivity contribution is 1.00. The third-order valence-corrected chi connectivity index (χ3v) is 1.58. The topological polar surface area (TPSA) is 12.0 Å². The molecule has 1 aromatic rings. The van der Waals surface area contributed by atoms with Crippen molar-refractivity contribution in [3.05, 3.63) is 41.6 Å². The van der Waals surface area contributed by atoms with E-state index in [4.69, 9.17) is 0 Å². The van der Waals surface area contributed by atoms with Crippen LogP contribution >= 0.6 is 0 Å². The molecule has 1 aromatic carbocycles. The molecule has 0 aliphatic rings. The molecule has 0 heterocycles. The van der Waals surface area contributed by atoms with Gasteiger partial charge < -0.3 is 5.32 Å². The van der Waals surface area contributed by atoms with E-state index in [1.54, 1.807) is 0 Å². The van der Waals surface area contributed by atoms with Crippen LogP contribution in [0.3, 0.4) is 0 Å². The van der Waals surface area contributed by atoms with Gasteiger partial charge in [-0.15, -0.1) is 0 Å². The van der Waals surface area contributed by atoms with Gasteiger partial charge in [-0.25, -0.2) is 0 Å². The fourth-order valence-electron chi connectivity index (χ4n) is 0.871. The van der Waals surface area contributed by atoms with E-state index >= 15 is 0 Å². The Bertz CT molecular complexity index is 236. The molecule has 1 nitrogen and oxygen atoms in total. The van der Waals surface area contributed by atoms with Gasteiger partial charge in [-0.1, -0.05) is 30.3 Å². The van der Waals surface area contributed by atoms with E-state index in [-0.39, 0.29) is 0 Å². The van der Waals surface area contributed by atoms with Crippen LogP contribution in [-0.4, -0.2) is 7.05 Å². The van der Waals surface area contributed by atoms with Crippen LogP contribution in [-0.2, 0) is 0 Å². The Balaban J connectivity index is 2.79. The Kier molecular flexibility index (Phi) is 2.73. The van der Waals surface area contributed by atoms with Crippen LogP contribution in [0, 0.1) is 0 Å². The molecule has 0 spiro atoms. The average molecular weight is 147 g/mol.